The molecule has 1 aromatic rings. The van der Waals surface area contributed by atoms with Crippen LogP contribution in [0.2, 0.25) is 0 Å². The first-order chi connectivity index (χ1) is 6.06. The molecular weight excluding hydrogens is 168 g/mol. The quantitative estimate of drug-likeness (QED) is 0.719. The first kappa shape index (κ1) is 9.58. The Kier molecular flexibility index (Phi) is 2.56. The standard InChI is InChI=1S/C10H12O3/c1-4-6(2)9-5-8(11)7(3)10(12)13-9/h4-5,11H,1-3H3/b6-4+. The van der Waals surface area contributed by atoms with Crippen molar-refractivity contribution in [2.45, 2.75) is 20.8 Å². The molecule has 0 unspecified atom stereocenters. The second-order valence-electron chi connectivity index (χ2n) is 2.88. The number of hydrogen-bond donors (Lipinski definition) is 1. The summed E-state index contributed by atoms with van der Waals surface area (Å²) in [6, 6.07) is 1.45. The van der Waals surface area contributed by atoms with E-state index in [1.807, 2.05) is 19.9 Å². The molecule has 0 saturated carbocycles. The third-order valence-electron chi connectivity index (χ3n) is 1.98. The van der Waals surface area contributed by atoms with Gasteiger partial charge in [0.2, 0.25) is 0 Å². The van der Waals surface area contributed by atoms with E-state index in [-0.39, 0.29) is 11.3 Å². The van der Waals surface area contributed by atoms with Crippen LogP contribution < -0.4 is 5.63 Å². The number of hydrogen-bond acceptors (Lipinski definition) is 3. The molecule has 1 aromatic heterocycles. The van der Waals surface area contributed by atoms with Gasteiger partial charge in [0.25, 0.3) is 0 Å². The maximum Gasteiger partial charge on any atom is 0.342 e. The average Bonchev–Trinajstić information content (AvgIpc) is 2.12. The molecule has 1 heterocycles. The van der Waals surface area contributed by atoms with E-state index >= 15 is 0 Å². The van der Waals surface area contributed by atoms with Gasteiger partial charge in [0.15, 0.2) is 0 Å². The normalized spacial score (nSPS) is 11.8. The van der Waals surface area contributed by atoms with E-state index in [1.54, 1.807) is 0 Å². The Labute approximate surface area is 76.3 Å². The molecule has 0 aliphatic heterocycles. The van der Waals surface area contributed by atoms with Gasteiger partial charge in [0.05, 0.1) is 5.56 Å². The van der Waals surface area contributed by atoms with E-state index in [9.17, 15) is 9.90 Å². The van der Waals surface area contributed by atoms with E-state index in [1.165, 1.54) is 13.0 Å². The van der Waals surface area contributed by atoms with Gasteiger partial charge in [-0.2, -0.15) is 0 Å². The minimum Gasteiger partial charge on any atom is -0.507 e. The zero-order chi connectivity index (χ0) is 10.0. The summed E-state index contributed by atoms with van der Waals surface area (Å²) in [5.74, 6) is 0.392. The van der Waals surface area contributed by atoms with Crippen molar-refractivity contribution in [3.05, 3.63) is 33.9 Å². The number of rotatable bonds is 1. The summed E-state index contributed by atoms with van der Waals surface area (Å²) >= 11 is 0. The molecule has 1 N–H and O–H groups in total. The molecule has 0 bridgehead atoms. The van der Waals surface area contributed by atoms with Gasteiger partial charge in [-0.15, -0.1) is 0 Å². The fourth-order valence-corrected chi connectivity index (χ4v) is 0.879. The molecule has 0 spiro atoms. The van der Waals surface area contributed by atoms with Crippen LogP contribution in [0, 0.1) is 6.92 Å². The smallest absolute Gasteiger partial charge is 0.342 e. The van der Waals surface area contributed by atoms with Gasteiger partial charge in [-0.3, -0.25) is 0 Å². The minimum atomic E-state index is -0.490. The predicted molar refractivity (Wildman–Crippen MR) is 50.7 cm³/mol. The fourth-order valence-electron chi connectivity index (χ4n) is 0.879. The van der Waals surface area contributed by atoms with Crippen molar-refractivity contribution < 1.29 is 9.52 Å². The monoisotopic (exact) mass is 180 g/mol. The molecule has 13 heavy (non-hydrogen) atoms. The summed E-state index contributed by atoms with van der Waals surface area (Å²) in [4.78, 5) is 11.1. The van der Waals surface area contributed by atoms with Crippen molar-refractivity contribution in [2.24, 2.45) is 0 Å². The lowest BCUT2D eigenvalue weighted by Gasteiger charge is -2.01. The van der Waals surface area contributed by atoms with Crippen molar-refractivity contribution in [1.82, 2.24) is 0 Å². The summed E-state index contributed by atoms with van der Waals surface area (Å²) < 4.78 is 4.96. The highest BCUT2D eigenvalue weighted by molar-refractivity contribution is 5.59. The highest BCUT2D eigenvalue weighted by atomic mass is 16.4. The topological polar surface area (TPSA) is 50.4 Å². The first-order valence-corrected chi connectivity index (χ1v) is 4.03. The third-order valence-corrected chi connectivity index (χ3v) is 1.98. The van der Waals surface area contributed by atoms with E-state index in [2.05, 4.69) is 0 Å². The van der Waals surface area contributed by atoms with Gasteiger partial charge in [0, 0.05) is 6.07 Å². The lowest BCUT2D eigenvalue weighted by atomic mass is 10.2. The fraction of sp³-hybridized carbons (Fsp3) is 0.300. The lowest BCUT2D eigenvalue weighted by Crippen LogP contribution is -2.04. The van der Waals surface area contributed by atoms with Crippen LogP contribution in [0.15, 0.2) is 21.4 Å². The molecule has 0 aliphatic carbocycles. The maximum atomic E-state index is 11.1. The summed E-state index contributed by atoms with van der Waals surface area (Å²) in [5, 5.41) is 9.34. The van der Waals surface area contributed by atoms with Crippen LogP contribution in [-0.2, 0) is 0 Å². The van der Waals surface area contributed by atoms with Crippen LogP contribution >= 0.6 is 0 Å². The molecule has 0 amide bonds. The highest BCUT2D eigenvalue weighted by Gasteiger charge is 2.06. The molecule has 0 saturated heterocycles. The van der Waals surface area contributed by atoms with Crippen molar-refractivity contribution in [3.63, 3.8) is 0 Å². The second-order valence-corrected chi connectivity index (χ2v) is 2.88. The van der Waals surface area contributed by atoms with Crippen LogP contribution in [0.3, 0.4) is 0 Å². The first-order valence-electron chi connectivity index (χ1n) is 4.03. The van der Waals surface area contributed by atoms with E-state index < -0.39 is 5.63 Å². The van der Waals surface area contributed by atoms with E-state index in [0.717, 1.165) is 5.57 Å². The summed E-state index contributed by atoms with van der Waals surface area (Å²) in [7, 11) is 0. The molecule has 1 rings (SSSR count). The van der Waals surface area contributed by atoms with Gasteiger partial charge < -0.3 is 9.52 Å². The zero-order valence-corrected chi connectivity index (χ0v) is 7.92. The second kappa shape index (κ2) is 3.47. The number of allylic oxidation sites excluding steroid dienone is 2. The molecule has 3 heteroatoms. The summed E-state index contributed by atoms with van der Waals surface area (Å²) in [6.45, 7) is 5.18. The molecule has 70 valence electrons. The zero-order valence-electron chi connectivity index (χ0n) is 7.92. The van der Waals surface area contributed by atoms with Crippen molar-refractivity contribution in [2.75, 3.05) is 0 Å². The van der Waals surface area contributed by atoms with Crippen LogP contribution in [-0.4, -0.2) is 5.11 Å². The van der Waals surface area contributed by atoms with Gasteiger partial charge in [0.1, 0.15) is 11.5 Å². The Morgan fingerprint density at radius 3 is 2.69 bits per heavy atom. The van der Waals surface area contributed by atoms with E-state index in [0.29, 0.717) is 5.76 Å². The van der Waals surface area contributed by atoms with Crippen molar-refractivity contribution in [3.8, 4) is 5.75 Å². The molecule has 3 nitrogen and oxygen atoms in total. The summed E-state index contributed by atoms with van der Waals surface area (Å²) in [6.07, 6.45) is 1.81. The third kappa shape index (κ3) is 1.80. The minimum absolute atomic E-state index is 0.0209. The molecule has 0 aliphatic rings. The van der Waals surface area contributed by atoms with Crippen LogP contribution in [0.25, 0.3) is 5.57 Å². The van der Waals surface area contributed by atoms with Crippen molar-refractivity contribution >= 4 is 5.57 Å². The predicted octanol–water partition coefficient (Wildman–Crippen LogP) is 2.08. The van der Waals surface area contributed by atoms with E-state index in [4.69, 9.17) is 4.42 Å². The highest BCUT2D eigenvalue weighted by Crippen LogP contribution is 2.19. The van der Waals surface area contributed by atoms with Crippen LogP contribution in [0.5, 0.6) is 5.75 Å². The molecule has 0 aromatic carbocycles. The van der Waals surface area contributed by atoms with Gasteiger partial charge >= 0.3 is 5.63 Å². The number of aromatic hydroxyl groups is 1. The lowest BCUT2D eigenvalue weighted by molar-refractivity contribution is 0.435. The Bertz CT molecular complexity index is 399. The van der Waals surface area contributed by atoms with Gasteiger partial charge in [-0.05, 0) is 26.3 Å². The maximum absolute atomic E-state index is 11.1. The van der Waals surface area contributed by atoms with Gasteiger partial charge in [-0.1, -0.05) is 6.08 Å². The molecule has 0 radical (unpaired) electrons. The largest absolute Gasteiger partial charge is 0.507 e. The van der Waals surface area contributed by atoms with Crippen molar-refractivity contribution in [1.29, 1.82) is 0 Å². The molecule has 0 atom stereocenters. The SMILES string of the molecule is C/C=C(\C)c1cc(O)c(C)c(=O)o1. The van der Waals surface area contributed by atoms with Crippen LogP contribution in [0.1, 0.15) is 25.2 Å². The molecular formula is C10H12O3. The summed E-state index contributed by atoms with van der Waals surface area (Å²) in [5.41, 5.74) is 0.580. The average molecular weight is 180 g/mol. The van der Waals surface area contributed by atoms with Crippen LogP contribution in [0.4, 0.5) is 0 Å². The molecule has 0 fully saturated rings. The Morgan fingerprint density at radius 2 is 2.23 bits per heavy atom. The van der Waals surface area contributed by atoms with Gasteiger partial charge in [-0.25, -0.2) is 4.79 Å². The Hall–Kier alpha value is -1.51. The Balaban J connectivity index is 3.37. The Morgan fingerprint density at radius 1 is 1.62 bits per heavy atom.